The summed E-state index contributed by atoms with van der Waals surface area (Å²) in [5.74, 6) is 3.63. The number of aryl methyl sites for hydroxylation is 1. The fourth-order valence-electron chi connectivity index (χ4n) is 3.44. The topological polar surface area (TPSA) is 75.2 Å². The van der Waals surface area contributed by atoms with E-state index in [1.54, 1.807) is 18.9 Å². The zero-order valence-corrected chi connectivity index (χ0v) is 19.0. The molecule has 162 valence electrons. The fraction of sp³-hybridized carbons (Fsp3) is 0.348. The molecule has 0 atom stereocenters. The van der Waals surface area contributed by atoms with E-state index in [1.165, 1.54) is 5.56 Å². The normalized spacial score (nSPS) is 12.4. The zero-order valence-electron chi connectivity index (χ0n) is 18.2. The number of hydrogen-bond acceptors (Lipinski definition) is 8. The minimum Gasteiger partial charge on any atom is -0.497 e. The molecule has 8 heteroatoms. The van der Waals surface area contributed by atoms with Crippen molar-refractivity contribution < 1.29 is 4.74 Å². The first-order valence-electron chi connectivity index (χ1n) is 10.5. The lowest BCUT2D eigenvalue weighted by Crippen LogP contribution is -2.22. The van der Waals surface area contributed by atoms with Crippen LogP contribution in [-0.4, -0.2) is 34.5 Å². The van der Waals surface area contributed by atoms with Crippen LogP contribution >= 0.6 is 11.8 Å². The van der Waals surface area contributed by atoms with Crippen molar-refractivity contribution in [1.82, 2.24) is 15.0 Å². The van der Waals surface area contributed by atoms with Crippen LogP contribution in [-0.2, 0) is 13.1 Å². The average molecular weight is 437 g/mol. The molecule has 1 aliphatic rings. The Morgan fingerprint density at radius 1 is 1.16 bits per heavy atom. The predicted octanol–water partition coefficient (Wildman–Crippen LogP) is 4.69. The van der Waals surface area contributed by atoms with Crippen LogP contribution in [0.3, 0.4) is 0 Å². The van der Waals surface area contributed by atoms with E-state index in [2.05, 4.69) is 51.7 Å². The third kappa shape index (κ3) is 5.19. The molecule has 7 nitrogen and oxygen atoms in total. The standard InChI is InChI=1S/C23H28N6OS/c1-4-11-31-23-27-21(25-13-17-5-7-19(30-3)8-6-17)20-22(28-23)29(15-26-20)14-18-9-10-24-16(2)12-18/h5-10,12,26H,4,11,13-15H2,1-3H3,(H,25,27,28). The largest absolute Gasteiger partial charge is 0.497 e. The number of aromatic nitrogens is 3. The first kappa shape index (κ1) is 21.2. The monoisotopic (exact) mass is 436 g/mol. The van der Waals surface area contributed by atoms with Gasteiger partial charge in [0.1, 0.15) is 11.4 Å². The van der Waals surface area contributed by atoms with Crippen LogP contribution in [0, 0.1) is 6.92 Å². The third-order valence-corrected chi connectivity index (χ3v) is 6.06. The highest BCUT2D eigenvalue weighted by molar-refractivity contribution is 7.99. The summed E-state index contributed by atoms with van der Waals surface area (Å²) in [5, 5.41) is 7.79. The number of thioether (sulfide) groups is 1. The van der Waals surface area contributed by atoms with Crippen molar-refractivity contribution in [2.75, 3.05) is 35.1 Å². The summed E-state index contributed by atoms with van der Waals surface area (Å²) < 4.78 is 5.25. The lowest BCUT2D eigenvalue weighted by atomic mass is 10.2. The predicted molar refractivity (Wildman–Crippen MR) is 127 cm³/mol. The molecule has 2 N–H and O–H groups in total. The number of anilines is 3. The van der Waals surface area contributed by atoms with Crippen LogP contribution in [0.1, 0.15) is 30.2 Å². The number of methoxy groups -OCH3 is 1. The number of fused-ring (bicyclic) bond motifs is 1. The summed E-state index contributed by atoms with van der Waals surface area (Å²) in [6.07, 6.45) is 2.94. The molecule has 0 unspecified atom stereocenters. The quantitative estimate of drug-likeness (QED) is 0.370. The van der Waals surface area contributed by atoms with Crippen LogP contribution in [0.25, 0.3) is 0 Å². The third-order valence-electron chi connectivity index (χ3n) is 5.00. The van der Waals surface area contributed by atoms with Crippen LogP contribution in [0.4, 0.5) is 17.3 Å². The first-order valence-corrected chi connectivity index (χ1v) is 11.5. The van der Waals surface area contributed by atoms with Gasteiger partial charge in [-0.05, 0) is 48.7 Å². The molecule has 3 heterocycles. The van der Waals surface area contributed by atoms with Gasteiger partial charge in [0.15, 0.2) is 16.8 Å². The SMILES string of the molecule is CCCSc1nc(NCc2ccc(OC)cc2)c2c(n1)N(Cc1ccnc(C)c1)CN2. The molecule has 0 saturated heterocycles. The second kappa shape index (κ2) is 9.87. The van der Waals surface area contributed by atoms with Crippen LogP contribution in [0.15, 0.2) is 47.8 Å². The highest BCUT2D eigenvalue weighted by Gasteiger charge is 2.25. The van der Waals surface area contributed by atoms with E-state index in [4.69, 9.17) is 14.7 Å². The lowest BCUT2D eigenvalue weighted by Gasteiger charge is -2.18. The van der Waals surface area contributed by atoms with E-state index in [0.29, 0.717) is 13.2 Å². The number of rotatable bonds is 9. The number of hydrogen-bond donors (Lipinski definition) is 2. The maximum atomic E-state index is 5.25. The van der Waals surface area contributed by atoms with E-state index < -0.39 is 0 Å². The second-order valence-corrected chi connectivity index (χ2v) is 8.50. The molecule has 2 aromatic heterocycles. The number of nitrogens with zero attached hydrogens (tertiary/aromatic N) is 4. The van der Waals surface area contributed by atoms with Gasteiger partial charge in [0.25, 0.3) is 0 Å². The molecule has 0 fully saturated rings. The van der Waals surface area contributed by atoms with Crippen LogP contribution in [0.5, 0.6) is 5.75 Å². The Labute approximate surface area is 187 Å². The van der Waals surface area contributed by atoms with Crippen LogP contribution < -0.4 is 20.3 Å². The number of benzene rings is 1. The smallest absolute Gasteiger partial charge is 0.191 e. The van der Waals surface area contributed by atoms with Gasteiger partial charge in [-0.15, -0.1) is 0 Å². The van der Waals surface area contributed by atoms with Crippen LogP contribution in [0.2, 0.25) is 0 Å². The Bertz CT molecular complexity index is 1030. The minimum atomic E-state index is 0.677. The Morgan fingerprint density at radius 3 is 2.74 bits per heavy atom. The Morgan fingerprint density at radius 2 is 2.00 bits per heavy atom. The van der Waals surface area contributed by atoms with Crippen molar-refractivity contribution >= 4 is 29.1 Å². The van der Waals surface area contributed by atoms with Gasteiger partial charge in [0.2, 0.25) is 0 Å². The molecule has 0 amide bonds. The summed E-state index contributed by atoms with van der Waals surface area (Å²) in [4.78, 5) is 16.2. The molecular weight excluding hydrogens is 408 g/mol. The average Bonchev–Trinajstić information content (AvgIpc) is 3.19. The molecule has 0 aliphatic carbocycles. The molecule has 3 aromatic rings. The maximum Gasteiger partial charge on any atom is 0.191 e. The summed E-state index contributed by atoms with van der Waals surface area (Å²) in [6.45, 7) is 6.34. The van der Waals surface area contributed by atoms with Gasteiger partial charge in [-0.3, -0.25) is 4.98 Å². The van der Waals surface area contributed by atoms with Crippen molar-refractivity contribution in [1.29, 1.82) is 0 Å². The summed E-state index contributed by atoms with van der Waals surface area (Å²) in [6, 6.07) is 12.2. The molecule has 0 spiro atoms. The molecule has 0 bridgehead atoms. The summed E-state index contributed by atoms with van der Waals surface area (Å²) in [7, 11) is 1.68. The van der Waals surface area contributed by atoms with E-state index >= 15 is 0 Å². The van der Waals surface area contributed by atoms with Crippen molar-refractivity contribution in [3.05, 3.63) is 59.4 Å². The highest BCUT2D eigenvalue weighted by atomic mass is 32.2. The minimum absolute atomic E-state index is 0.677. The van der Waals surface area contributed by atoms with Crippen molar-refractivity contribution in [3.8, 4) is 5.75 Å². The van der Waals surface area contributed by atoms with E-state index in [9.17, 15) is 0 Å². The van der Waals surface area contributed by atoms with Gasteiger partial charge in [0.05, 0.1) is 13.8 Å². The Hall–Kier alpha value is -3.00. The molecule has 31 heavy (non-hydrogen) atoms. The van der Waals surface area contributed by atoms with E-state index in [0.717, 1.165) is 58.2 Å². The molecule has 1 aliphatic heterocycles. The van der Waals surface area contributed by atoms with Gasteiger partial charge in [0, 0.05) is 30.7 Å². The zero-order chi connectivity index (χ0) is 21.6. The second-order valence-electron chi connectivity index (χ2n) is 7.44. The molecule has 0 radical (unpaired) electrons. The van der Waals surface area contributed by atoms with Gasteiger partial charge in [-0.2, -0.15) is 0 Å². The summed E-state index contributed by atoms with van der Waals surface area (Å²) >= 11 is 1.69. The maximum absolute atomic E-state index is 5.25. The lowest BCUT2D eigenvalue weighted by molar-refractivity contribution is 0.414. The Kier molecular flexibility index (Phi) is 6.76. The van der Waals surface area contributed by atoms with Gasteiger partial charge >= 0.3 is 0 Å². The number of ether oxygens (including phenoxy) is 1. The van der Waals surface area contributed by atoms with Gasteiger partial charge in [-0.1, -0.05) is 30.8 Å². The highest BCUT2D eigenvalue weighted by Crippen LogP contribution is 2.37. The Balaban J connectivity index is 1.57. The van der Waals surface area contributed by atoms with Crippen molar-refractivity contribution in [2.24, 2.45) is 0 Å². The van der Waals surface area contributed by atoms with Crippen molar-refractivity contribution in [2.45, 2.75) is 38.5 Å². The molecule has 1 aromatic carbocycles. The molecule has 0 saturated carbocycles. The molecular formula is C23H28N6OS. The van der Waals surface area contributed by atoms with E-state index in [1.807, 2.05) is 25.3 Å². The fourth-order valence-corrected chi connectivity index (χ4v) is 4.13. The first-order chi connectivity index (χ1) is 15.2. The van der Waals surface area contributed by atoms with E-state index in [-0.39, 0.29) is 0 Å². The molecule has 4 rings (SSSR count). The van der Waals surface area contributed by atoms with Gasteiger partial charge < -0.3 is 20.3 Å². The number of nitrogens with one attached hydrogen (secondary N) is 2. The van der Waals surface area contributed by atoms with Crippen molar-refractivity contribution in [3.63, 3.8) is 0 Å². The van der Waals surface area contributed by atoms with Gasteiger partial charge in [-0.25, -0.2) is 9.97 Å². The number of pyridine rings is 1. The summed E-state index contributed by atoms with van der Waals surface area (Å²) in [5.41, 5.74) is 4.36.